The molecule has 0 heterocycles. The molecule has 0 aliphatic heterocycles. The van der Waals surface area contributed by atoms with Crippen LogP contribution in [-0.4, -0.2) is 29.9 Å². The molecule has 2 N–H and O–H groups in total. The van der Waals surface area contributed by atoms with Gasteiger partial charge in [-0.05, 0) is 55.5 Å². The fourth-order valence-electron chi connectivity index (χ4n) is 3.08. The Morgan fingerprint density at radius 3 is 2.86 bits per heavy atom. The minimum Gasteiger partial charge on any atom is -0.366 e. The van der Waals surface area contributed by atoms with E-state index in [0.29, 0.717) is 11.6 Å². The number of carbonyl (C=O) groups excluding carboxylic acids is 1. The van der Waals surface area contributed by atoms with E-state index in [4.69, 9.17) is 5.73 Å². The van der Waals surface area contributed by atoms with E-state index in [-0.39, 0.29) is 18.3 Å². The molecule has 0 bridgehead atoms. The average Bonchev–Trinajstić information content (AvgIpc) is 2.45. The number of amides is 1. The number of fused-ring (bicyclic) bond motifs is 1. The lowest BCUT2D eigenvalue weighted by Crippen LogP contribution is -2.40. The van der Waals surface area contributed by atoms with Crippen molar-refractivity contribution in [2.45, 2.75) is 38.6 Å². The second-order valence-electron chi connectivity index (χ2n) is 5.53. The van der Waals surface area contributed by atoms with Crippen LogP contribution in [0.15, 0.2) is 30.9 Å². The zero-order valence-corrected chi connectivity index (χ0v) is 13.5. The third-order valence-electron chi connectivity index (χ3n) is 4.08. The van der Waals surface area contributed by atoms with Crippen molar-refractivity contribution in [2.24, 2.45) is 5.73 Å². The number of nitrogens with zero attached hydrogens (tertiary/aromatic N) is 1. The third-order valence-corrected chi connectivity index (χ3v) is 4.08. The summed E-state index contributed by atoms with van der Waals surface area (Å²) in [6, 6.07) is 6.42. The largest absolute Gasteiger partial charge is 0.366 e. The van der Waals surface area contributed by atoms with Gasteiger partial charge in [0.25, 0.3) is 0 Å². The molecule has 0 saturated carbocycles. The van der Waals surface area contributed by atoms with Gasteiger partial charge in [-0.25, -0.2) is 0 Å². The Kier molecular flexibility index (Phi) is 6.93. The van der Waals surface area contributed by atoms with E-state index in [1.807, 2.05) is 18.2 Å². The van der Waals surface area contributed by atoms with Crippen LogP contribution in [0.4, 0.5) is 0 Å². The number of aryl methyl sites for hydroxylation is 1. The molecule has 3 nitrogen and oxygen atoms in total. The van der Waals surface area contributed by atoms with E-state index in [1.165, 1.54) is 17.5 Å². The molecular formula is C17H25ClN2O. The number of carbonyl (C=O) groups is 1. The minimum absolute atomic E-state index is 0. The summed E-state index contributed by atoms with van der Waals surface area (Å²) in [6.07, 6.45) is 6.39. The second-order valence-corrected chi connectivity index (χ2v) is 5.53. The number of rotatable bonds is 6. The summed E-state index contributed by atoms with van der Waals surface area (Å²) in [5.74, 6) is -0.341. The molecule has 0 aromatic heterocycles. The van der Waals surface area contributed by atoms with Crippen LogP contribution < -0.4 is 5.73 Å². The van der Waals surface area contributed by atoms with E-state index in [0.717, 1.165) is 32.4 Å². The average molecular weight is 309 g/mol. The summed E-state index contributed by atoms with van der Waals surface area (Å²) in [4.78, 5) is 13.8. The van der Waals surface area contributed by atoms with Crippen LogP contribution in [0.5, 0.6) is 0 Å². The first-order valence-corrected chi connectivity index (χ1v) is 7.42. The van der Waals surface area contributed by atoms with E-state index < -0.39 is 0 Å². The van der Waals surface area contributed by atoms with Crippen LogP contribution in [-0.2, 0) is 12.8 Å². The molecule has 0 fully saturated rings. The highest BCUT2D eigenvalue weighted by atomic mass is 35.5. The Balaban J connectivity index is 0.00000220. The van der Waals surface area contributed by atoms with Crippen molar-refractivity contribution in [1.29, 1.82) is 0 Å². The molecule has 21 heavy (non-hydrogen) atoms. The van der Waals surface area contributed by atoms with Crippen molar-refractivity contribution in [3.63, 3.8) is 0 Å². The lowest BCUT2D eigenvalue weighted by molar-refractivity contribution is 0.1000. The highest BCUT2D eigenvalue weighted by Crippen LogP contribution is 2.25. The Morgan fingerprint density at radius 1 is 1.48 bits per heavy atom. The smallest absolute Gasteiger partial charge is 0.248 e. The Bertz CT molecular complexity index is 502. The van der Waals surface area contributed by atoms with Gasteiger partial charge in [-0.15, -0.1) is 19.0 Å². The zero-order valence-electron chi connectivity index (χ0n) is 12.7. The van der Waals surface area contributed by atoms with Gasteiger partial charge in [0, 0.05) is 18.2 Å². The van der Waals surface area contributed by atoms with Crippen LogP contribution in [0.25, 0.3) is 0 Å². The molecule has 1 aromatic rings. The maximum atomic E-state index is 11.3. The predicted octanol–water partition coefficient (Wildman–Crippen LogP) is 2.96. The van der Waals surface area contributed by atoms with Gasteiger partial charge in [0.1, 0.15) is 0 Å². The predicted molar refractivity (Wildman–Crippen MR) is 90.1 cm³/mol. The number of benzene rings is 1. The minimum atomic E-state index is -0.341. The highest BCUT2D eigenvalue weighted by molar-refractivity contribution is 5.93. The SMILES string of the molecule is C=CCN(CCC)C1CCc2ccc(C(N)=O)cc2C1.Cl. The molecule has 0 saturated heterocycles. The maximum absolute atomic E-state index is 11.3. The molecule has 4 heteroatoms. The van der Waals surface area contributed by atoms with Crippen molar-refractivity contribution in [2.75, 3.05) is 13.1 Å². The van der Waals surface area contributed by atoms with Crippen LogP contribution in [0.2, 0.25) is 0 Å². The van der Waals surface area contributed by atoms with Crippen molar-refractivity contribution >= 4 is 18.3 Å². The van der Waals surface area contributed by atoms with Crippen LogP contribution in [0.1, 0.15) is 41.3 Å². The molecule has 0 spiro atoms. The molecule has 1 unspecified atom stereocenters. The number of halogens is 1. The zero-order chi connectivity index (χ0) is 14.5. The summed E-state index contributed by atoms with van der Waals surface area (Å²) in [5.41, 5.74) is 8.64. The topological polar surface area (TPSA) is 46.3 Å². The van der Waals surface area contributed by atoms with Gasteiger partial charge in [0.05, 0.1) is 0 Å². The number of nitrogens with two attached hydrogens (primary N) is 1. The van der Waals surface area contributed by atoms with Gasteiger partial charge in [-0.1, -0.05) is 19.1 Å². The standard InChI is InChI=1S/C17H24N2O.ClH/c1-3-9-19(10-4-2)16-8-7-13-5-6-14(17(18)20)11-15(13)12-16;/h3,5-6,11,16H,1,4,7-10,12H2,2H3,(H2,18,20);1H. The fourth-order valence-corrected chi connectivity index (χ4v) is 3.08. The third kappa shape index (κ3) is 4.32. The summed E-state index contributed by atoms with van der Waals surface area (Å²) >= 11 is 0. The summed E-state index contributed by atoms with van der Waals surface area (Å²) in [7, 11) is 0. The van der Waals surface area contributed by atoms with Crippen LogP contribution in [0.3, 0.4) is 0 Å². The van der Waals surface area contributed by atoms with E-state index in [1.54, 1.807) is 0 Å². The van der Waals surface area contributed by atoms with Crippen LogP contribution >= 0.6 is 12.4 Å². The van der Waals surface area contributed by atoms with Gasteiger partial charge in [0.2, 0.25) is 5.91 Å². The molecule has 116 valence electrons. The summed E-state index contributed by atoms with van der Waals surface area (Å²) in [6.45, 7) is 8.10. The molecule has 2 rings (SSSR count). The summed E-state index contributed by atoms with van der Waals surface area (Å²) in [5, 5.41) is 0. The summed E-state index contributed by atoms with van der Waals surface area (Å²) < 4.78 is 0. The van der Waals surface area contributed by atoms with Crippen LogP contribution in [0, 0.1) is 0 Å². The fraction of sp³-hybridized carbons (Fsp3) is 0.471. The van der Waals surface area contributed by atoms with E-state index in [9.17, 15) is 4.79 Å². The number of hydrogen-bond donors (Lipinski definition) is 1. The first kappa shape index (κ1) is 17.7. The Morgan fingerprint density at radius 2 is 2.24 bits per heavy atom. The second kappa shape index (κ2) is 8.20. The molecule has 0 radical (unpaired) electrons. The lowest BCUT2D eigenvalue weighted by atomic mass is 9.86. The van der Waals surface area contributed by atoms with Crippen molar-refractivity contribution < 1.29 is 4.79 Å². The normalized spacial score (nSPS) is 17.0. The number of hydrogen-bond acceptors (Lipinski definition) is 2. The van der Waals surface area contributed by atoms with Crippen molar-refractivity contribution in [1.82, 2.24) is 4.90 Å². The number of primary amides is 1. The monoisotopic (exact) mass is 308 g/mol. The van der Waals surface area contributed by atoms with Crippen molar-refractivity contribution in [3.05, 3.63) is 47.5 Å². The van der Waals surface area contributed by atoms with Crippen molar-refractivity contribution in [3.8, 4) is 0 Å². The highest BCUT2D eigenvalue weighted by Gasteiger charge is 2.23. The Hall–Kier alpha value is -1.32. The van der Waals surface area contributed by atoms with Gasteiger partial charge in [-0.2, -0.15) is 0 Å². The van der Waals surface area contributed by atoms with E-state index >= 15 is 0 Å². The lowest BCUT2D eigenvalue weighted by Gasteiger charge is -2.34. The molecular weight excluding hydrogens is 284 g/mol. The first-order chi connectivity index (χ1) is 9.65. The Labute approximate surface area is 133 Å². The quantitative estimate of drug-likeness (QED) is 0.821. The molecule has 1 aliphatic carbocycles. The van der Waals surface area contributed by atoms with E-state index in [2.05, 4.69) is 24.5 Å². The van der Waals surface area contributed by atoms with Gasteiger partial charge in [0.15, 0.2) is 0 Å². The molecule has 1 atom stereocenters. The van der Waals surface area contributed by atoms with Gasteiger partial charge in [-0.3, -0.25) is 9.69 Å². The maximum Gasteiger partial charge on any atom is 0.248 e. The molecule has 1 aromatic carbocycles. The van der Waals surface area contributed by atoms with Gasteiger partial charge >= 0.3 is 0 Å². The molecule has 1 aliphatic rings. The first-order valence-electron chi connectivity index (χ1n) is 7.42. The van der Waals surface area contributed by atoms with Gasteiger partial charge < -0.3 is 5.73 Å². The molecule has 1 amide bonds.